The van der Waals surface area contributed by atoms with Crippen LogP contribution in [-0.2, 0) is 6.42 Å². The minimum Gasteiger partial charge on any atom is -0.370 e. The standard InChI is InChI=1S/C16H23N5/c1-3-4-8-18-15-12-16(20-13-19-15)21(2)11-7-14-5-9-17-10-6-14/h5-6,9-10,12-13H,3-4,7-8,11H2,1-2H3,(H,18,19,20). The van der Waals surface area contributed by atoms with Crippen molar-refractivity contribution in [2.75, 3.05) is 30.4 Å². The van der Waals surface area contributed by atoms with Crippen molar-refractivity contribution in [2.45, 2.75) is 26.2 Å². The van der Waals surface area contributed by atoms with E-state index in [-0.39, 0.29) is 0 Å². The van der Waals surface area contributed by atoms with Crippen molar-refractivity contribution >= 4 is 11.6 Å². The Morgan fingerprint density at radius 1 is 1.19 bits per heavy atom. The van der Waals surface area contributed by atoms with Gasteiger partial charge in [-0.3, -0.25) is 4.98 Å². The predicted octanol–water partition coefficient (Wildman–Crippen LogP) is 2.76. The van der Waals surface area contributed by atoms with Crippen LogP contribution in [0.4, 0.5) is 11.6 Å². The fourth-order valence-electron chi connectivity index (χ4n) is 2.01. The number of likely N-dealkylation sites (N-methyl/N-ethyl adjacent to an activating group) is 1. The number of unbranched alkanes of at least 4 members (excludes halogenated alkanes) is 1. The van der Waals surface area contributed by atoms with E-state index < -0.39 is 0 Å². The SMILES string of the molecule is CCCCNc1cc(N(C)CCc2ccncc2)ncn1. The molecule has 1 N–H and O–H groups in total. The maximum absolute atomic E-state index is 4.34. The van der Waals surface area contributed by atoms with E-state index in [1.165, 1.54) is 12.0 Å². The second kappa shape index (κ2) is 8.19. The smallest absolute Gasteiger partial charge is 0.133 e. The lowest BCUT2D eigenvalue weighted by atomic mass is 10.2. The number of anilines is 2. The second-order valence-corrected chi connectivity index (χ2v) is 5.07. The van der Waals surface area contributed by atoms with Crippen LogP contribution >= 0.6 is 0 Å². The van der Waals surface area contributed by atoms with Gasteiger partial charge in [0.1, 0.15) is 18.0 Å². The molecular weight excluding hydrogens is 262 g/mol. The first-order chi connectivity index (χ1) is 10.3. The van der Waals surface area contributed by atoms with Gasteiger partial charge in [0.2, 0.25) is 0 Å². The maximum Gasteiger partial charge on any atom is 0.133 e. The molecule has 0 spiro atoms. The molecule has 0 aliphatic rings. The minimum absolute atomic E-state index is 0.893. The van der Waals surface area contributed by atoms with Gasteiger partial charge in [0.25, 0.3) is 0 Å². The average molecular weight is 285 g/mol. The van der Waals surface area contributed by atoms with Crippen molar-refractivity contribution in [3.8, 4) is 0 Å². The Balaban J connectivity index is 1.89. The fourth-order valence-corrected chi connectivity index (χ4v) is 2.01. The Labute approximate surface area is 126 Å². The van der Waals surface area contributed by atoms with Crippen molar-refractivity contribution in [1.29, 1.82) is 0 Å². The molecule has 0 bridgehead atoms. The summed E-state index contributed by atoms with van der Waals surface area (Å²) in [6.45, 7) is 4.04. The zero-order valence-electron chi connectivity index (χ0n) is 12.8. The molecule has 21 heavy (non-hydrogen) atoms. The van der Waals surface area contributed by atoms with Crippen molar-refractivity contribution in [1.82, 2.24) is 15.0 Å². The summed E-state index contributed by atoms with van der Waals surface area (Å²) in [5.74, 6) is 1.84. The van der Waals surface area contributed by atoms with Crippen LogP contribution in [0.5, 0.6) is 0 Å². The molecule has 0 saturated carbocycles. The highest BCUT2D eigenvalue weighted by molar-refractivity contribution is 5.47. The summed E-state index contributed by atoms with van der Waals surface area (Å²) in [6, 6.07) is 6.10. The molecule has 0 saturated heterocycles. The third-order valence-electron chi connectivity index (χ3n) is 3.37. The Bertz CT molecular complexity index is 529. The second-order valence-electron chi connectivity index (χ2n) is 5.07. The van der Waals surface area contributed by atoms with Gasteiger partial charge in [0.15, 0.2) is 0 Å². The first kappa shape index (κ1) is 15.2. The van der Waals surface area contributed by atoms with Gasteiger partial charge in [-0.2, -0.15) is 0 Å². The molecule has 0 aromatic carbocycles. The van der Waals surface area contributed by atoms with Crippen molar-refractivity contribution in [2.24, 2.45) is 0 Å². The number of pyridine rings is 1. The van der Waals surface area contributed by atoms with Gasteiger partial charge >= 0.3 is 0 Å². The lowest BCUT2D eigenvalue weighted by Crippen LogP contribution is -2.21. The summed E-state index contributed by atoms with van der Waals surface area (Å²) in [7, 11) is 2.05. The Hall–Kier alpha value is -2.17. The molecule has 2 aromatic heterocycles. The van der Waals surface area contributed by atoms with Crippen LogP contribution < -0.4 is 10.2 Å². The summed E-state index contributed by atoms with van der Waals surface area (Å²) in [4.78, 5) is 14.8. The van der Waals surface area contributed by atoms with E-state index in [0.29, 0.717) is 0 Å². The molecule has 0 unspecified atom stereocenters. The molecular formula is C16H23N5. The molecule has 2 heterocycles. The third-order valence-corrected chi connectivity index (χ3v) is 3.37. The van der Waals surface area contributed by atoms with Gasteiger partial charge in [-0.15, -0.1) is 0 Å². The van der Waals surface area contributed by atoms with Gasteiger partial charge in [-0.05, 0) is 30.5 Å². The fraction of sp³-hybridized carbons (Fsp3) is 0.438. The van der Waals surface area contributed by atoms with Gasteiger partial charge < -0.3 is 10.2 Å². The zero-order valence-corrected chi connectivity index (χ0v) is 12.8. The molecule has 5 nitrogen and oxygen atoms in total. The minimum atomic E-state index is 0.893. The number of rotatable bonds is 8. The lowest BCUT2D eigenvalue weighted by Gasteiger charge is -2.18. The number of aromatic nitrogens is 3. The number of hydrogen-bond donors (Lipinski definition) is 1. The van der Waals surface area contributed by atoms with Gasteiger partial charge in [0, 0.05) is 38.6 Å². The normalized spacial score (nSPS) is 10.4. The molecule has 0 aliphatic carbocycles. The molecule has 0 radical (unpaired) electrons. The Morgan fingerprint density at radius 3 is 2.76 bits per heavy atom. The highest BCUT2D eigenvalue weighted by Crippen LogP contribution is 2.13. The maximum atomic E-state index is 4.34. The van der Waals surface area contributed by atoms with E-state index in [1.807, 2.05) is 30.6 Å². The molecule has 0 atom stereocenters. The summed E-state index contributed by atoms with van der Waals surface area (Å²) >= 11 is 0. The highest BCUT2D eigenvalue weighted by Gasteiger charge is 2.04. The van der Waals surface area contributed by atoms with E-state index in [2.05, 4.69) is 39.1 Å². The molecule has 5 heteroatoms. The van der Waals surface area contributed by atoms with E-state index in [9.17, 15) is 0 Å². The predicted molar refractivity (Wildman–Crippen MR) is 86.6 cm³/mol. The lowest BCUT2D eigenvalue weighted by molar-refractivity contribution is 0.827. The first-order valence-corrected chi connectivity index (χ1v) is 7.45. The van der Waals surface area contributed by atoms with E-state index in [1.54, 1.807) is 6.33 Å². The number of nitrogens with zero attached hydrogens (tertiary/aromatic N) is 4. The summed E-state index contributed by atoms with van der Waals surface area (Å²) < 4.78 is 0. The van der Waals surface area contributed by atoms with Crippen LogP contribution in [0, 0.1) is 0 Å². The largest absolute Gasteiger partial charge is 0.370 e. The molecule has 112 valence electrons. The number of hydrogen-bond acceptors (Lipinski definition) is 5. The quantitative estimate of drug-likeness (QED) is 0.756. The van der Waals surface area contributed by atoms with Crippen molar-refractivity contribution < 1.29 is 0 Å². The van der Waals surface area contributed by atoms with Crippen LogP contribution in [0.1, 0.15) is 25.3 Å². The van der Waals surface area contributed by atoms with Crippen molar-refractivity contribution in [3.05, 3.63) is 42.5 Å². The van der Waals surface area contributed by atoms with Crippen LogP contribution in [-0.4, -0.2) is 35.1 Å². The monoisotopic (exact) mass is 285 g/mol. The zero-order chi connectivity index (χ0) is 14.9. The Kier molecular flexibility index (Phi) is 5.94. The van der Waals surface area contributed by atoms with Crippen LogP contribution in [0.15, 0.2) is 36.9 Å². The molecule has 2 rings (SSSR count). The Morgan fingerprint density at radius 2 is 2.00 bits per heavy atom. The molecule has 2 aromatic rings. The average Bonchev–Trinajstić information content (AvgIpc) is 2.54. The van der Waals surface area contributed by atoms with Gasteiger partial charge in [-0.1, -0.05) is 13.3 Å². The van der Waals surface area contributed by atoms with Crippen LogP contribution in [0.2, 0.25) is 0 Å². The summed E-state index contributed by atoms with van der Waals surface area (Å²) in [5.41, 5.74) is 1.28. The molecule has 0 aliphatic heterocycles. The van der Waals surface area contributed by atoms with E-state index in [0.717, 1.165) is 37.6 Å². The van der Waals surface area contributed by atoms with E-state index >= 15 is 0 Å². The first-order valence-electron chi connectivity index (χ1n) is 7.45. The number of nitrogens with one attached hydrogen (secondary N) is 1. The van der Waals surface area contributed by atoms with E-state index in [4.69, 9.17) is 0 Å². The topological polar surface area (TPSA) is 53.9 Å². The molecule has 0 amide bonds. The van der Waals surface area contributed by atoms with Crippen LogP contribution in [0.3, 0.4) is 0 Å². The van der Waals surface area contributed by atoms with Crippen LogP contribution in [0.25, 0.3) is 0 Å². The highest BCUT2D eigenvalue weighted by atomic mass is 15.2. The summed E-state index contributed by atoms with van der Waals surface area (Å²) in [6.07, 6.45) is 8.58. The van der Waals surface area contributed by atoms with Gasteiger partial charge in [-0.25, -0.2) is 9.97 Å². The van der Waals surface area contributed by atoms with Crippen molar-refractivity contribution in [3.63, 3.8) is 0 Å². The van der Waals surface area contributed by atoms with Gasteiger partial charge in [0.05, 0.1) is 0 Å². The summed E-state index contributed by atoms with van der Waals surface area (Å²) in [5, 5.41) is 3.33. The third kappa shape index (κ3) is 5.02. The molecule has 0 fully saturated rings.